The van der Waals surface area contributed by atoms with Gasteiger partial charge in [-0.05, 0) is 61.7 Å². The smallest absolute Gasteiger partial charge is 0.0595 e. The predicted molar refractivity (Wildman–Crippen MR) is 87.9 cm³/mol. The number of hydrogen-bond acceptors (Lipinski definition) is 1. The second-order valence-electron chi connectivity index (χ2n) is 5.10. The molecular formula is C17H19Cl2N. The summed E-state index contributed by atoms with van der Waals surface area (Å²) in [6.07, 6.45) is 0.888. The number of benzene rings is 2. The first-order chi connectivity index (χ1) is 9.52. The Balaban J connectivity index is 2.31. The van der Waals surface area contributed by atoms with Crippen LogP contribution in [0.3, 0.4) is 0 Å². The highest BCUT2D eigenvalue weighted by Crippen LogP contribution is 2.28. The third-order valence-electron chi connectivity index (χ3n) is 3.66. The van der Waals surface area contributed by atoms with Crippen molar-refractivity contribution in [1.82, 2.24) is 5.32 Å². The molecule has 1 nitrogen and oxygen atoms in total. The molecule has 0 radical (unpaired) electrons. The molecule has 1 atom stereocenters. The molecule has 0 aromatic heterocycles. The molecule has 2 rings (SSSR count). The van der Waals surface area contributed by atoms with Crippen LogP contribution in [0, 0.1) is 13.8 Å². The van der Waals surface area contributed by atoms with E-state index < -0.39 is 0 Å². The SMILES string of the molecule is CNC(Cc1ccc(Cl)c(Cl)c1)c1c(C)cccc1C. The van der Waals surface area contributed by atoms with Crippen molar-refractivity contribution in [3.8, 4) is 0 Å². The summed E-state index contributed by atoms with van der Waals surface area (Å²) < 4.78 is 0. The molecule has 0 aliphatic heterocycles. The molecule has 0 saturated heterocycles. The van der Waals surface area contributed by atoms with E-state index in [0.717, 1.165) is 6.42 Å². The van der Waals surface area contributed by atoms with Gasteiger partial charge in [0.1, 0.15) is 0 Å². The minimum atomic E-state index is 0.272. The van der Waals surface area contributed by atoms with E-state index in [1.807, 2.05) is 25.2 Å². The van der Waals surface area contributed by atoms with E-state index in [2.05, 4.69) is 37.4 Å². The van der Waals surface area contributed by atoms with E-state index in [9.17, 15) is 0 Å². The van der Waals surface area contributed by atoms with Crippen molar-refractivity contribution in [2.75, 3.05) is 7.05 Å². The van der Waals surface area contributed by atoms with Crippen molar-refractivity contribution in [3.05, 3.63) is 68.7 Å². The third-order valence-corrected chi connectivity index (χ3v) is 4.40. The summed E-state index contributed by atoms with van der Waals surface area (Å²) >= 11 is 12.1. The number of aryl methyl sites for hydroxylation is 2. The number of nitrogens with one attached hydrogen (secondary N) is 1. The monoisotopic (exact) mass is 307 g/mol. The zero-order valence-electron chi connectivity index (χ0n) is 12.0. The summed E-state index contributed by atoms with van der Waals surface area (Å²) in [6, 6.07) is 12.5. The zero-order chi connectivity index (χ0) is 14.7. The van der Waals surface area contributed by atoms with Crippen LogP contribution in [0.1, 0.15) is 28.3 Å². The number of hydrogen-bond donors (Lipinski definition) is 1. The molecule has 1 N–H and O–H groups in total. The molecule has 0 heterocycles. The molecule has 1 unspecified atom stereocenters. The van der Waals surface area contributed by atoms with Crippen LogP contribution in [0.2, 0.25) is 10.0 Å². The van der Waals surface area contributed by atoms with Crippen molar-refractivity contribution >= 4 is 23.2 Å². The fourth-order valence-electron chi connectivity index (χ4n) is 2.63. The van der Waals surface area contributed by atoms with Crippen molar-refractivity contribution in [3.63, 3.8) is 0 Å². The average Bonchev–Trinajstić information content (AvgIpc) is 2.41. The largest absolute Gasteiger partial charge is 0.313 e. The summed E-state index contributed by atoms with van der Waals surface area (Å²) in [5.41, 5.74) is 5.16. The summed E-state index contributed by atoms with van der Waals surface area (Å²) in [7, 11) is 1.99. The Morgan fingerprint density at radius 3 is 2.20 bits per heavy atom. The lowest BCUT2D eigenvalue weighted by molar-refractivity contribution is 0.586. The van der Waals surface area contributed by atoms with Gasteiger partial charge in [-0.1, -0.05) is 47.5 Å². The first kappa shape index (κ1) is 15.4. The van der Waals surface area contributed by atoms with Gasteiger partial charge in [0.2, 0.25) is 0 Å². The van der Waals surface area contributed by atoms with E-state index in [4.69, 9.17) is 23.2 Å². The van der Waals surface area contributed by atoms with Crippen molar-refractivity contribution in [2.45, 2.75) is 26.3 Å². The lowest BCUT2D eigenvalue weighted by atomic mass is 9.92. The van der Waals surface area contributed by atoms with E-state index in [0.29, 0.717) is 10.0 Å². The Kier molecular flexibility index (Phi) is 5.09. The van der Waals surface area contributed by atoms with Crippen LogP contribution in [0.15, 0.2) is 36.4 Å². The van der Waals surface area contributed by atoms with Gasteiger partial charge in [0.05, 0.1) is 10.0 Å². The molecule has 0 bridgehead atoms. The average molecular weight is 308 g/mol. The van der Waals surface area contributed by atoms with Crippen LogP contribution < -0.4 is 5.32 Å². The van der Waals surface area contributed by atoms with Gasteiger partial charge in [0.15, 0.2) is 0 Å². The molecule has 2 aromatic rings. The lowest BCUT2D eigenvalue weighted by Crippen LogP contribution is -2.21. The maximum Gasteiger partial charge on any atom is 0.0595 e. The van der Waals surface area contributed by atoms with Gasteiger partial charge in [-0.15, -0.1) is 0 Å². The molecule has 106 valence electrons. The fourth-order valence-corrected chi connectivity index (χ4v) is 2.95. The first-order valence-corrected chi connectivity index (χ1v) is 7.46. The van der Waals surface area contributed by atoms with Gasteiger partial charge in [-0.3, -0.25) is 0 Å². The predicted octanol–water partition coefficient (Wildman–Crippen LogP) is 5.11. The molecule has 0 aliphatic rings. The van der Waals surface area contributed by atoms with E-state index in [-0.39, 0.29) is 6.04 Å². The fraction of sp³-hybridized carbons (Fsp3) is 0.294. The van der Waals surface area contributed by atoms with Gasteiger partial charge in [0.25, 0.3) is 0 Å². The number of halogens is 2. The molecule has 0 fully saturated rings. The highest BCUT2D eigenvalue weighted by Gasteiger charge is 2.15. The van der Waals surface area contributed by atoms with E-state index in [1.54, 1.807) is 0 Å². The topological polar surface area (TPSA) is 12.0 Å². The maximum atomic E-state index is 6.10. The number of rotatable bonds is 4. The minimum absolute atomic E-state index is 0.272. The number of likely N-dealkylation sites (N-methyl/N-ethyl adjacent to an activating group) is 1. The first-order valence-electron chi connectivity index (χ1n) is 6.70. The third kappa shape index (κ3) is 3.35. The minimum Gasteiger partial charge on any atom is -0.313 e. The Morgan fingerprint density at radius 2 is 1.65 bits per heavy atom. The Hall–Kier alpha value is -1.02. The summed E-state index contributed by atoms with van der Waals surface area (Å²) in [4.78, 5) is 0. The second kappa shape index (κ2) is 6.62. The van der Waals surface area contributed by atoms with Gasteiger partial charge >= 0.3 is 0 Å². The Bertz CT molecular complexity index is 588. The molecule has 2 aromatic carbocycles. The molecule has 3 heteroatoms. The molecule has 0 saturated carbocycles. The lowest BCUT2D eigenvalue weighted by Gasteiger charge is -2.21. The molecule has 20 heavy (non-hydrogen) atoms. The zero-order valence-corrected chi connectivity index (χ0v) is 13.5. The normalized spacial score (nSPS) is 12.4. The highest BCUT2D eigenvalue weighted by atomic mass is 35.5. The van der Waals surface area contributed by atoms with Crippen LogP contribution in [0.4, 0.5) is 0 Å². The van der Waals surface area contributed by atoms with Crippen molar-refractivity contribution in [1.29, 1.82) is 0 Å². The summed E-state index contributed by atoms with van der Waals surface area (Å²) in [6.45, 7) is 4.31. The summed E-state index contributed by atoms with van der Waals surface area (Å²) in [5, 5.41) is 4.62. The van der Waals surface area contributed by atoms with Crippen LogP contribution >= 0.6 is 23.2 Å². The molecule has 0 amide bonds. The second-order valence-corrected chi connectivity index (χ2v) is 5.91. The van der Waals surface area contributed by atoms with Crippen molar-refractivity contribution in [2.24, 2.45) is 0 Å². The van der Waals surface area contributed by atoms with Gasteiger partial charge in [0, 0.05) is 6.04 Å². The van der Waals surface area contributed by atoms with Gasteiger partial charge in [-0.2, -0.15) is 0 Å². The van der Waals surface area contributed by atoms with Crippen LogP contribution in [-0.2, 0) is 6.42 Å². The van der Waals surface area contributed by atoms with Crippen LogP contribution in [0.5, 0.6) is 0 Å². The molecular weight excluding hydrogens is 289 g/mol. The quantitative estimate of drug-likeness (QED) is 0.827. The van der Waals surface area contributed by atoms with E-state index >= 15 is 0 Å². The van der Waals surface area contributed by atoms with Crippen LogP contribution in [0.25, 0.3) is 0 Å². The van der Waals surface area contributed by atoms with Crippen LogP contribution in [-0.4, -0.2) is 7.05 Å². The Labute approximate surface area is 130 Å². The molecule has 0 aliphatic carbocycles. The standard InChI is InChI=1S/C17H19Cl2N/c1-11-5-4-6-12(2)17(11)16(20-3)10-13-7-8-14(18)15(19)9-13/h4-9,16,20H,10H2,1-3H3. The van der Waals surface area contributed by atoms with Gasteiger partial charge in [-0.25, -0.2) is 0 Å². The Morgan fingerprint density at radius 1 is 1.00 bits per heavy atom. The van der Waals surface area contributed by atoms with Crippen molar-refractivity contribution < 1.29 is 0 Å². The maximum absolute atomic E-state index is 6.10. The molecule has 0 spiro atoms. The summed E-state index contributed by atoms with van der Waals surface area (Å²) in [5.74, 6) is 0. The van der Waals surface area contributed by atoms with E-state index in [1.165, 1.54) is 22.3 Å². The van der Waals surface area contributed by atoms with Gasteiger partial charge < -0.3 is 5.32 Å². The highest BCUT2D eigenvalue weighted by molar-refractivity contribution is 6.42.